The average Bonchev–Trinajstić information content (AvgIpc) is 3.27. The molecule has 3 aromatic carbocycles. The van der Waals surface area contributed by atoms with Crippen molar-refractivity contribution in [2.45, 2.75) is 24.5 Å². The number of likely N-dealkylation sites (N-methyl/N-ethyl adjacent to an activating group) is 1. The molecular weight excluding hydrogens is 448 g/mol. The SMILES string of the molecule is CN(C)CCc1c2n(c3ccccc13)[C@@H](c1cc(O)c(O)c(O)c1)[C@H](O)[C@H]2c1ccc(O)cc1O. The zero-order valence-electron chi connectivity index (χ0n) is 19.4. The van der Waals surface area contributed by atoms with Crippen molar-refractivity contribution in [3.63, 3.8) is 0 Å². The van der Waals surface area contributed by atoms with Crippen molar-refractivity contribution < 1.29 is 30.6 Å². The second kappa shape index (κ2) is 8.41. The van der Waals surface area contributed by atoms with Gasteiger partial charge in [0, 0.05) is 34.8 Å². The fourth-order valence-electron chi connectivity index (χ4n) is 5.35. The minimum absolute atomic E-state index is 0.0861. The Bertz CT molecular complexity index is 1400. The van der Waals surface area contributed by atoms with Gasteiger partial charge in [-0.05, 0) is 55.9 Å². The van der Waals surface area contributed by atoms with Gasteiger partial charge in [0.15, 0.2) is 17.2 Å². The summed E-state index contributed by atoms with van der Waals surface area (Å²) >= 11 is 0. The van der Waals surface area contributed by atoms with E-state index in [-0.39, 0.29) is 11.5 Å². The lowest BCUT2D eigenvalue weighted by Gasteiger charge is -2.23. The molecule has 0 spiro atoms. The van der Waals surface area contributed by atoms with Crippen molar-refractivity contribution in [1.82, 2.24) is 9.47 Å². The summed E-state index contributed by atoms with van der Waals surface area (Å²) in [7, 11) is 3.98. The number of phenols is 5. The zero-order valence-corrected chi connectivity index (χ0v) is 19.4. The van der Waals surface area contributed by atoms with Crippen LogP contribution in [0.25, 0.3) is 10.9 Å². The van der Waals surface area contributed by atoms with E-state index < -0.39 is 35.3 Å². The van der Waals surface area contributed by atoms with Gasteiger partial charge in [-0.15, -0.1) is 0 Å². The lowest BCUT2D eigenvalue weighted by atomic mass is 9.85. The van der Waals surface area contributed by atoms with Crippen LogP contribution in [0.5, 0.6) is 28.7 Å². The molecule has 0 amide bonds. The third-order valence-electron chi connectivity index (χ3n) is 6.89. The van der Waals surface area contributed by atoms with Crippen molar-refractivity contribution in [3.05, 3.63) is 77.0 Å². The summed E-state index contributed by atoms with van der Waals surface area (Å²) in [6, 6.07) is 14.1. The van der Waals surface area contributed by atoms with Crippen LogP contribution in [0.1, 0.15) is 34.3 Å². The Morgan fingerprint density at radius 3 is 2.20 bits per heavy atom. The Hall–Kier alpha value is -3.88. The van der Waals surface area contributed by atoms with Gasteiger partial charge in [-0.2, -0.15) is 0 Å². The molecule has 0 radical (unpaired) electrons. The van der Waals surface area contributed by atoms with Crippen LogP contribution in [0.3, 0.4) is 0 Å². The molecule has 8 nitrogen and oxygen atoms in total. The van der Waals surface area contributed by atoms with Crippen LogP contribution in [0.2, 0.25) is 0 Å². The summed E-state index contributed by atoms with van der Waals surface area (Å²) in [5.74, 6) is -2.48. The molecule has 35 heavy (non-hydrogen) atoms. The van der Waals surface area contributed by atoms with Crippen molar-refractivity contribution in [2.24, 2.45) is 0 Å². The molecule has 1 aliphatic heterocycles. The van der Waals surface area contributed by atoms with Crippen molar-refractivity contribution in [2.75, 3.05) is 20.6 Å². The fraction of sp³-hybridized carbons (Fsp3) is 0.259. The molecule has 5 rings (SSSR count). The quantitative estimate of drug-likeness (QED) is 0.244. The van der Waals surface area contributed by atoms with E-state index in [2.05, 4.69) is 4.90 Å². The molecule has 0 bridgehead atoms. The van der Waals surface area contributed by atoms with Crippen LogP contribution in [-0.4, -0.2) is 66.9 Å². The Labute approximate surface area is 202 Å². The highest BCUT2D eigenvalue weighted by Gasteiger charge is 2.45. The molecule has 2 heterocycles. The molecule has 4 aromatic rings. The molecule has 0 saturated carbocycles. The van der Waals surface area contributed by atoms with Gasteiger partial charge in [-0.1, -0.05) is 24.3 Å². The number of rotatable bonds is 5. The van der Waals surface area contributed by atoms with Crippen LogP contribution in [0.15, 0.2) is 54.6 Å². The molecule has 0 unspecified atom stereocenters. The van der Waals surface area contributed by atoms with E-state index in [1.165, 1.54) is 24.3 Å². The van der Waals surface area contributed by atoms with Crippen LogP contribution in [0.4, 0.5) is 0 Å². The molecule has 0 fully saturated rings. The Kier molecular flexibility index (Phi) is 5.50. The summed E-state index contributed by atoms with van der Waals surface area (Å²) in [5.41, 5.74) is 3.58. The van der Waals surface area contributed by atoms with Crippen LogP contribution in [0, 0.1) is 0 Å². The molecule has 0 aliphatic carbocycles. The number of hydrogen-bond donors (Lipinski definition) is 6. The summed E-state index contributed by atoms with van der Waals surface area (Å²) in [6.07, 6.45) is -0.386. The van der Waals surface area contributed by atoms with E-state index >= 15 is 0 Å². The molecule has 182 valence electrons. The van der Waals surface area contributed by atoms with E-state index in [0.717, 1.165) is 28.7 Å². The minimum atomic E-state index is -1.08. The maximum Gasteiger partial charge on any atom is 0.200 e. The Balaban J connectivity index is 1.82. The number of phenolic OH excluding ortho intramolecular Hbond substituents is 5. The lowest BCUT2D eigenvalue weighted by Crippen LogP contribution is -2.23. The van der Waals surface area contributed by atoms with E-state index in [1.54, 1.807) is 6.07 Å². The van der Waals surface area contributed by atoms with Crippen LogP contribution in [-0.2, 0) is 6.42 Å². The number of benzene rings is 3. The van der Waals surface area contributed by atoms with Crippen molar-refractivity contribution >= 4 is 10.9 Å². The first-order chi connectivity index (χ1) is 16.7. The largest absolute Gasteiger partial charge is 0.508 e. The molecule has 1 aliphatic rings. The second-order valence-electron chi connectivity index (χ2n) is 9.37. The highest BCUT2D eigenvalue weighted by molar-refractivity contribution is 5.87. The third-order valence-corrected chi connectivity index (χ3v) is 6.89. The van der Waals surface area contributed by atoms with Gasteiger partial charge in [0.25, 0.3) is 0 Å². The summed E-state index contributed by atoms with van der Waals surface area (Å²) in [5, 5.41) is 63.7. The molecule has 6 N–H and O–H groups in total. The number of fused-ring (bicyclic) bond motifs is 3. The van der Waals surface area contributed by atoms with E-state index in [4.69, 9.17) is 0 Å². The third kappa shape index (κ3) is 3.62. The maximum atomic E-state index is 11.7. The summed E-state index contributed by atoms with van der Waals surface area (Å²) in [4.78, 5) is 2.07. The van der Waals surface area contributed by atoms with Gasteiger partial charge in [-0.3, -0.25) is 0 Å². The first-order valence-electron chi connectivity index (χ1n) is 11.4. The van der Waals surface area contributed by atoms with E-state index in [1.807, 2.05) is 42.9 Å². The highest BCUT2D eigenvalue weighted by atomic mass is 16.3. The monoisotopic (exact) mass is 476 g/mol. The van der Waals surface area contributed by atoms with Crippen LogP contribution >= 0.6 is 0 Å². The molecule has 3 atom stereocenters. The number of nitrogens with zero attached hydrogens (tertiary/aromatic N) is 2. The number of aromatic hydroxyl groups is 5. The number of aliphatic hydroxyl groups excluding tert-OH is 1. The van der Waals surface area contributed by atoms with E-state index in [0.29, 0.717) is 17.5 Å². The van der Waals surface area contributed by atoms with Gasteiger partial charge < -0.3 is 40.1 Å². The van der Waals surface area contributed by atoms with Crippen LogP contribution < -0.4 is 0 Å². The maximum absolute atomic E-state index is 11.7. The number of hydrogen-bond acceptors (Lipinski definition) is 7. The van der Waals surface area contributed by atoms with Crippen molar-refractivity contribution in [3.8, 4) is 28.7 Å². The highest BCUT2D eigenvalue weighted by Crippen LogP contribution is 2.52. The smallest absolute Gasteiger partial charge is 0.200 e. The van der Waals surface area contributed by atoms with Gasteiger partial charge in [-0.25, -0.2) is 0 Å². The summed E-state index contributed by atoms with van der Waals surface area (Å²) in [6.45, 7) is 0.761. The first kappa shape index (κ1) is 22.9. The number of aliphatic hydroxyl groups is 1. The normalized spacial score (nSPS) is 19.5. The topological polar surface area (TPSA) is 130 Å². The van der Waals surface area contributed by atoms with Crippen molar-refractivity contribution in [1.29, 1.82) is 0 Å². The minimum Gasteiger partial charge on any atom is -0.508 e. The number of aromatic nitrogens is 1. The zero-order chi connectivity index (χ0) is 25.0. The van der Waals surface area contributed by atoms with Gasteiger partial charge in [0.1, 0.15) is 11.5 Å². The average molecular weight is 477 g/mol. The number of para-hydroxylation sites is 1. The molecule has 1 aromatic heterocycles. The second-order valence-corrected chi connectivity index (χ2v) is 9.37. The predicted molar refractivity (Wildman–Crippen MR) is 131 cm³/mol. The van der Waals surface area contributed by atoms with Gasteiger partial charge >= 0.3 is 0 Å². The Morgan fingerprint density at radius 2 is 1.54 bits per heavy atom. The first-order valence-corrected chi connectivity index (χ1v) is 11.4. The molecular formula is C27H28N2O6. The van der Waals surface area contributed by atoms with Gasteiger partial charge in [0.2, 0.25) is 0 Å². The predicted octanol–water partition coefficient (Wildman–Crippen LogP) is 3.37. The summed E-state index contributed by atoms with van der Waals surface area (Å²) < 4.78 is 1.99. The lowest BCUT2D eigenvalue weighted by molar-refractivity contribution is 0.139. The molecule has 8 heteroatoms. The fourth-order valence-corrected chi connectivity index (χ4v) is 5.35. The van der Waals surface area contributed by atoms with Gasteiger partial charge in [0.05, 0.1) is 18.1 Å². The standard InChI is InChI=1S/C27H28N2O6/c1-28(2)10-9-17-16-5-3-4-6-19(16)29-24(14-11-21(32)26(34)22(33)12-14)27(35)23(25(17)29)18-8-7-15(30)13-20(18)31/h3-8,11-13,23-24,27,30-35H,9-10H2,1-2H3/t23-,24-,27+/m0/s1. The van der Waals surface area contributed by atoms with E-state index in [9.17, 15) is 30.6 Å². The Morgan fingerprint density at radius 1 is 0.857 bits per heavy atom. The molecule has 0 saturated heterocycles.